The molecular formula is C22H35N5O5. The number of carbonyl (C=O) groups excluding carboxylic acids is 1. The minimum absolute atomic E-state index is 0. The number of hydrogen-bond donors (Lipinski definition) is 3. The first-order valence-electron chi connectivity index (χ1n) is 10.1. The average molecular weight is 450 g/mol. The van der Waals surface area contributed by atoms with Crippen molar-refractivity contribution in [2.24, 2.45) is 11.3 Å². The van der Waals surface area contributed by atoms with Gasteiger partial charge >= 0.3 is 5.97 Å². The molecule has 0 radical (unpaired) electrons. The lowest BCUT2D eigenvalue weighted by molar-refractivity contribution is -0.163. The molecule has 4 N–H and O–H groups in total. The Labute approximate surface area is 189 Å². The minimum Gasteiger partial charge on any atom is -0.461 e. The number of fused-ring (bicyclic) bond motifs is 1. The Balaban J connectivity index is 0.000000971. The molecule has 3 heterocycles. The first-order chi connectivity index (χ1) is 14.8. The molecule has 0 unspecified atom stereocenters. The van der Waals surface area contributed by atoms with E-state index in [0.29, 0.717) is 24.2 Å². The highest BCUT2D eigenvalue weighted by molar-refractivity contribution is 5.73. The third kappa shape index (κ3) is 5.54. The zero-order valence-electron chi connectivity index (χ0n) is 18.4. The molecule has 0 amide bonds. The van der Waals surface area contributed by atoms with Gasteiger partial charge in [0.25, 0.3) is 0 Å². The number of aliphatic hydroxyl groups excluding tert-OH is 2. The van der Waals surface area contributed by atoms with Crippen LogP contribution in [0.4, 0.5) is 5.82 Å². The maximum atomic E-state index is 12.2. The van der Waals surface area contributed by atoms with E-state index in [2.05, 4.69) is 30.0 Å². The van der Waals surface area contributed by atoms with Crippen LogP contribution >= 0.6 is 0 Å². The second kappa shape index (κ2) is 11.2. The highest BCUT2D eigenvalue weighted by atomic mass is 16.6. The number of nitrogen functional groups attached to an aromatic ring is 1. The number of anilines is 1. The Hall–Kier alpha value is -2.74. The Morgan fingerprint density at radius 3 is 2.59 bits per heavy atom. The molecule has 2 fully saturated rings. The summed E-state index contributed by atoms with van der Waals surface area (Å²) in [5.74, 6) is 0.0880. The molecule has 2 aromatic heterocycles. The number of ether oxygens (including phenoxy) is 2. The molecule has 178 valence electrons. The van der Waals surface area contributed by atoms with E-state index in [4.69, 9.17) is 25.4 Å². The second-order valence-corrected chi connectivity index (χ2v) is 8.33. The molecule has 32 heavy (non-hydrogen) atoms. The first kappa shape index (κ1) is 27.3. The first-order valence-corrected chi connectivity index (χ1v) is 10.1. The van der Waals surface area contributed by atoms with Crippen LogP contribution in [0.5, 0.6) is 0 Å². The SMILES string of the molecule is C.CC1(C)CC(C(=O)OC[C@]2(C#N)CC[C@H](c3ccc4c(N)ncnn34)O2)C1.CO.CO. The molecule has 1 saturated heterocycles. The van der Waals surface area contributed by atoms with Crippen LogP contribution in [-0.2, 0) is 14.3 Å². The molecule has 2 aliphatic rings. The predicted octanol–water partition coefficient (Wildman–Crippen LogP) is 2.26. The van der Waals surface area contributed by atoms with Gasteiger partial charge in [-0.3, -0.25) is 4.79 Å². The van der Waals surface area contributed by atoms with Crippen molar-refractivity contribution in [2.75, 3.05) is 26.6 Å². The van der Waals surface area contributed by atoms with Crippen LogP contribution in [-0.4, -0.2) is 57.2 Å². The molecule has 10 nitrogen and oxygen atoms in total. The molecule has 1 aliphatic carbocycles. The van der Waals surface area contributed by atoms with E-state index in [1.165, 1.54) is 6.33 Å². The number of esters is 1. The Bertz CT molecular complexity index is 930. The highest BCUT2D eigenvalue weighted by Crippen LogP contribution is 2.46. The fourth-order valence-electron chi connectivity index (χ4n) is 4.15. The van der Waals surface area contributed by atoms with E-state index < -0.39 is 5.60 Å². The van der Waals surface area contributed by atoms with Crippen LogP contribution in [0, 0.1) is 22.7 Å². The van der Waals surface area contributed by atoms with Crippen molar-refractivity contribution in [1.29, 1.82) is 5.26 Å². The molecular weight excluding hydrogens is 414 g/mol. The largest absolute Gasteiger partial charge is 0.461 e. The summed E-state index contributed by atoms with van der Waals surface area (Å²) in [7, 11) is 2.00. The van der Waals surface area contributed by atoms with Crippen LogP contribution in [0.2, 0.25) is 0 Å². The number of nitriles is 1. The third-order valence-corrected chi connectivity index (χ3v) is 5.60. The summed E-state index contributed by atoms with van der Waals surface area (Å²) >= 11 is 0. The summed E-state index contributed by atoms with van der Waals surface area (Å²) in [5.41, 5.74) is 6.46. The van der Waals surface area contributed by atoms with Crippen molar-refractivity contribution in [3.05, 3.63) is 24.2 Å². The van der Waals surface area contributed by atoms with Crippen LogP contribution in [0.15, 0.2) is 18.5 Å². The number of nitrogens with zero attached hydrogens (tertiary/aromatic N) is 4. The average Bonchev–Trinajstić information content (AvgIpc) is 3.39. The highest BCUT2D eigenvalue weighted by Gasteiger charge is 2.46. The standard InChI is InChI=1S/C19H23N5O3.2CH4O.CH4/c1-18(2)7-12(8-18)17(25)26-10-19(9-20)6-5-15(27-19)13-3-4-14-16(21)22-11-23-24(13)14;2*1-2;/h3-4,11-12,15H,5-8,10H2,1-2H3,(H2,21,22,23);2*2H,1H3;1H4/t15-,19-;;;/m1.../s1. The van der Waals surface area contributed by atoms with Gasteiger partial charge in [-0.15, -0.1) is 0 Å². The molecule has 0 aromatic carbocycles. The topological polar surface area (TPSA) is 156 Å². The molecule has 2 atom stereocenters. The van der Waals surface area contributed by atoms with Crippen molar-refractivity contribution in [1.82, 2.24) is 14.6 Å². The number of carbonyl (C=O) groups is 1. The van der Waals surface area contributed by atoms with Gasteiger partial charge in [-0.25, -0.2) is 9.50 Å². The monoisotopic (exact) mass is 449 g/mol. The molecule has 0 bridgehead atoms. The Morgan fingerprint density at radius 2 is 2.00 bits per heavy atom. The van der Waals surface area contributed by atoms with Gasteiger partial charge in [-0.05, 0) is 43.2 Å². The molecule has 2 aromatic rings. The van der Waals surface area contributed by atoms with Gasteiger partial charge in [0, 0.05) is 14.2 Å². The summed E-state index contributed by atoms with van der Waals surface area (Å²) in [4.78, 5) is 16.2. The quantitative estimate of drug-likeness (QED) is 0.596. The maximum absolute atomic E-state index is 12.2. The Kier molecular flexibility index (Phi) is 9.57. The van der Waals surface area contributed by atoms with Crippen molar-refractivity contribution < 1.29 is 24.5 Å². The van der Waals surface area contributed by atoms with Gasteiger partial charge in [-0.1, -0.05) is 21.3 Å². The van der Waals surface area contributed by atoms with Gasteiger partial charge in [0.05, 0.1) is 11.6 Å². The summed E-state index contributed by atoms with van der Waals surface area (Å²) < 4.78 is 13.2. The number of nitrogens with two attached hydrogens (primary N) is 1. The lowest BCUT2D eigenvalue weighted by atomic mass is 9.64. The molecule has 0 spiro atoms. The molecule has 10 heteroatoms. The van der Waals surface area contributed by atoms with E-state index in [-0.39, 0.29) is 37.4 Å². The molecule has 1 aliphatic heterocycles. The van der Waals surface area contributed by atoms with Gasteiger partial charge in [0.15, 0.2) is 11.4 Å². The van der Waals surface area contributed by atoms with E-state index in [0.717, 1.165) is 32.8 Å². The van der Waals surface area contributed by atoms with Gasteiger partial charge in [-0.2, -0.15) is 10.4 Å². The van der Waals surface area contributed by atoms with Crippen molar-refractivity contribution in [2.45, 2.75) is 58.7 Å². The zero-order valence-corrected chi connectivity index (χ0v) is 18.4. The fourth-order valence-corrected chi connectivity index (χ4v) is 4.15. The summed E-state index contributed by atoms with van der Waals surface area (Å²) in [5, 5.41) is 27.9. The minimum atomic E-state index is -1.12. The van der Waals surface area contributed by atoms with E-state index >= 15 is 0 Å². The maximum Gasteiger partial charge on any atom is 0.309 e. The lowest BCUT2D eigenvalue weighted by Crippen LogP contribution is -2.40. The summed E-state index contributed by atoms with van der Waals surface area (Å²) in [6.07, 6.45) is 3.85. The lowest BCUT2D eigenvalue weighted by Gasteiger charge is -2.41. The number of aliphatic hydroxyl groups is 2. The number of aromatic nitrogens is 3. The van der Waals surface area contributed by atoms with E-state index in [1.54, 1.807) is 4.52 Å². The summed E-state index contributed by atoms with van der Waals surface area (Å²) in [6.45, 7) is 4.23. The zero-order chi connectivity index (χ0) is 23.2. The van der Waals surface area contributed by atoms with E-state index in [9.17, 15) is 10.1 Å². The predicted molar refractivity (Wildman–Crippen MR) is 119 cm³/mol. The smallest absolute Gasteiger partial charge is 0.309 e. The van der Waals surface area contributed by atoms with Gasteiger partial charge in [0.1, 0.15) is 30.6 Å². The van der Waals surface area contributed by atoms with Crippen LogP contribution in [0.1, 0.15) is 58.8 Å². The number of rotatable bonds is 4. The third-order valence-electron chi connectivity index (χ3n) is 5.60. The van der Waals surface area contributed by atoms with Crippen molar-refractivity contribution >= 4 is 17.3 Å². The second-order valence-electron chi connectivity index (χ2n) is 8.33. The normalized spacial score (nSPS) is 23.3. The molecule has 1 saturated carbocycles. The molecule has 4 rings (SSSR count). The van der Waals surface area contributed by atoms with Gasteiger partial charge in [0.2, 0.25) is 0 Å². The van der Waals surface area contributed by atoms with Gasteiger partial charge < -0.3 is 25.4 Å². The van der Waals surface area contributed by atoms with Crippen LogP contribution in [0.25, 0.3) is 5.52 Å². The number of hydrogen-bond acceptors (Lipinski definition) is 9. The van der Waals surface area contributed by atoms with Crippen molar-refractivity contribution in [3.63, 3.8) is 0 Å². The van der Waals surface area contributed by atoms with Crippen LogP contribution in [0.3, 0.4) is 0 Å². The van der Waals surface area contributed by atoms with E-state index in [1.807, 2.05) is 12.1 Å². The summed E-state index contributed by atoms with van der Waals surface area (Å²) in [6, 6.07) is 5.92. The van der Waals surface area contributed by atoms with Crippen molar-refractivity contribution in [3.8, 4) is 6.07 Å². The van der Waals surface area contributed by atoms with Crippen LogP contribution < -0.4 is 5.73 Å². The Morgan fingerprint density at radius 1 is 1.34 bits per heavy atom. The fraction of sp³-hybridized carbons (Fsp3) is 0.636.